The van der Waals surface area contributed by atoms with E-state index in [1.807, 2.05) is 0 Å². The average molecular weight is 266 g/mol. The Morgan fingerprint density at radius 1 is 1.26 bits per heavy atom. The molecular weight excluding hydrogens is 247 g/mol. The predicted molar refractivity (Wildman–Crippen MR) is 69.5 cm³/mol. The summed E-state index contributed by atoms with van der Waals surface area (Å²) in [5.41, 5.74) is 0.820. The molecular formula is C15H19FO3. The van der Waals surface area contributed by atoms with Crippen molar-refractivity contribution in [3.63, 3.8) is 0 Å². The number of ketones is 1. The zero-order chi connectivity index (χ0) is 13.5. The maximum Gasteiger partial charge on any atom is 0.162 e. The summed E-state index contributed by atoms with van der Waals surface area (Å²) >= 11 is 0. The highest BCUT2D eigenvalue weighted by Crippen LogP contribution is 2.14. The van der Waals surface area contributed by atoms with Crippen LogP contribution in [0.25, 0.3) is 0 Å². The van der Waals surface area contributed by atoms with Crippen LogP contribution in [0.15, 0.2) is 24.3 Å². The molecule has 2 rings (SSSR count). The molecule has 1 aliphatic rings. The molecule has 1 aliphatic heterocycles. The van der Waals surface area contributed by atoms with Crippen molar-refractivity contribution in [2.75, 3.05) is 26.4 Å². The van der Waals surface area contributed by atoms with Crippen LogP contribution in [0.4, 0.5) is 4.39 Å². The van der Waals surface area contributed by atoms with Crippen molar-refractivity contribution in [2.24, 2.45) is 5.92 Å². The lowest BCUT2D eigenvalue weighted by Gasteiger charge is -2.21. The van der Waals surface area contributed by atoms with Gasteiger partial charge in [0.2, 0.25) is 0 Å². The van der Waals surface area contributed by atoms with Gasteiger partial charge in [0, 0.05) is 19.6 Å². The Balaban J connectivity index is 1.65. The van der Waals surface area contributed by atoms with Crippen molar-refractivity contribution in [3.8, 4) is 0 Å². The molecule has 4 heteroatoms. The molecule has 3 nitrogen and oxygen atoms in total. The summed E-state index contributed by atoms with van der Waals surface area (Å²) in [6.07, 6.45) is 2.31. The van der Waals surface area contributed by atoms with Crippen molar-refractivity contribution in [1.29, 1.82) is 0 Å². The van der Waals surface area contributed by atoms with E-state index in [1.165, 1.54) is 12.1 Å². The first kappa shape index (κ1) is 14.2. The second-order valence-electron chi connectivity index (χ2n) is 4.91. The monoisotopic (exact) mass is 266 g/mol. The fraction of sp³-hybridized carbons (Fsp3) is 0.533. The van der Waals surface area contributed by atoms with E-state index in [0.717, 1.165) is 31.6 Å². The molecule has 1 heterocycles. The molecule has 1 aromatic rings. The van der Waals surface area contributed by atoms with Crippen LogP contribution < -0.4 is 0 Å². The molecule has 0 saturated carbocycles. The molecule has 1 aromatic carbocycles. The normalized spacial score (nSPS) is 16.5. The SMILES string of the molecule is O=C(COCC1CCOCC1)Cc1ccc(F)cc1. The van der Waals surface area contributed by atoms with E-state index in [4.69, 9.17) is 9.47 Å². The van der Waals surface area contributed by atoms with Crippen molar-refractivity contribution in [2.45, 2.75) is 19.3 Å². The largest absolute Gasteiger partial charge is 0.381 e. The lowest BCUT2D eigenvalue weighted by Crippen LogP contribution is -2.22. The number of ether oxygens (including phenoxy) is 2. The topological polar surface area (TPSA) is 35.5 Å². The number of carbonyl (C=O) groups excluding carboxylic acids is 1. The van der Waals surface area contributed by atoms with Crippen molar-refractivity contribution >= 4 is 5.78 Å². The fourth-order valence-electron chi connectivity index (χ4n) is 2.13. The lowest BCUT2D eigenvalue weighted by atomic mass is 10.0. The van der Waals surface area contributed by atoms with E-state index in [9.17, 15) is 9.18 Å². The Hall–Kier alpha value is -1.26. The van der Waals surface area contributed by atoms with Gasteiger partial charge in [0.15, 0.2) is 5.78 Å². The molecule has 0 aliphatic carbocycles. The minimum atomic E-state index is -0.285. The van der Waals surface area contributed by atoms with Crippen molar-refractivity contribution < 1.29 is 18.7 Å². The predicted octanol–water partition coefficient (Wildman–Crippen LogP) is 2.38. The average Bonchev–Trinajstić information content (AvgIpc) is 2.43. The summed E-state index contributed by atoms with van der Waals surface area (Å²) < 4.78 is 23.4. The molecule has 0 atom stereocenters. The third-order valence-electron chi connectivity index (χ3n) is 3.27. The van der Waals surface area contributed by atoms with Gasteiger partial charge in [0.25, 0.3) is 0 Å². The van der Waals surface area contributed by atoms with Gasteiger partial charge in [-0.1, -0.05) is 12.1 Å². The number of hydrogen-bond acceptors (Lipinski definition) is 3. The third-order valence-corrected chi connectivity index (χ3v) is 3.27. The van der Waals surface area contributed by atoms with Gasteiger partial charge in [-0.3, -0.25) is 4.79 Å². The van der Waals surface area contributed by atoms with Crippen LogP contribution in [0.2, 0.25) is 0 Å². The summed E-state index contributed by atoms with van der Waals surface area (Å²) in [6, 6.07) is 5.99. The highest BCUT2D eigenvalue weighted by Gasteiger charge is 2.14. The van der Waals surface area contributed by atoms with Crippen LogP contribution in [0.3, 0.4) is 0 Å². The molecule has 0 amide bonds. The Kier molecular flexibility index (Phi) is 5.48. The van der Waals surface area contributed by atoms with Gasteiger partial charge in [-0.15, -0.1) is 0 Å². The lowest BCUT2D eigenvalue weighted by molar-refractivity contribution is -0.123. The van der Waals surface area contributed by atoms with Gasteiger partial charge in [-0.05, 0) is 36.5 Å². The molecule has 1 fully saturated rings. The zero-order valence-corrected chi connectivity index (χ0v) is 10.9. The zero-order valence-electron chi connectivity index (χ0n) is 10.9. The standard InChI is InChI=1S/C15H19FO3/c16-14-3-1-12(2-4-14)9-15(17)11-19-10-13-5-7-18-8-6-13/h1-4,13H,5-11H2. The quantitative estimate of drug-likeness (QED) is 0.793. The van der Waals surface area contributed by atoms with Crippen LogP contribution in [0.1, 0.15) is 18.4 Å². The van der Waals surface area contributed by atoms with E-state index in [0.29, 0.717) is 18.9 Å². The minimum Gasteiger partial charge on any atom is -0.381 e. The van der Waals surface area contributed by atoms with Gasteiger partial charge in [0.1, 0.15) is 12.4 Å². The molecule has 19 heavy (non-hydrogen) atoms. The van der Waals surface area contributed by atoms with Gasteiger partial charge in [-0.2, -0.15) is 0 Å². The summed E-state index contributed by atoms with van der Waals surface area (Å²) in [6.45, 7) is 2.34. The molecule has 0 unspecified atom stereocenters. The highest BCUT2D eigenvalue weighted by atomic mass is 19.1. The molecule has 0 N–H and O–H groups in total. The van der Waals surface area contributed by atoms with Crippen molar-refractivity contribution in [3.05, 3.63) is 35.6 Å². The summed E-state index contributed by atoms with van der Waals surface area (Å²) in [4.78, 5) is 11.7. The van der Waals surface area contributed by atoms with E-state index < -0.39 is 0 Å². The second-order valence-corrected chi connectivity index (χ2v) is 4.91. The Bertz CT molecular complexity index is 396. The first-order chi connectivity index (χ1) is 9.24. The van der Waals surface area contributed by atoms with Crippen LogP contribution in [-0.2, 0) is 20.7 Å². The van der Waals surface area contributed by atoms with Crippen LogP contribution in [-0.4, -0.2) is 32.2 Å². The smallest absolute Gasteiger partial charge is 0.162 e. The van der Waals surface area contributed by atoms with Gasteiger partial charge >= 0.3 is 0 Å². The number of hydrogen-bond donors (Lipinski definition) is 0. The molecule has 0 spiro atoms. The number of benzene rings is 1. The van der Waals surface area contributed by atoms with Gasteiger partial charge in [0.05, 0.1) is 6.61 Å². The minimum absolute atomic E-state index is 0.0265. The number of Topliss-reactive ketones (excluding diaryl/α,β-unsaturated/α-hetero) is 1. The fourth-order valence-corrected chi connectivity index (χ4v) is 2.13. The maximum atomic E-state index is 12.7. The molecule has 104 valence electrons. The maximum absolute atomic E-state index is 12.7. The number of halogens is 1. The van der Waals surface area contributed by atoms with E-state index in [-0.39, 0.29) is 18.2 Å². The Labute approximate surface area is 112 Å². The first-order valence-corrected chi connectivity index (χ1v) is 6.65. The van der Waals surface area contributed by atoms with Gasteiger partial charge in [-0.25, -0.2) is 4.39 Å². The molecule has 1 saturated heterocycles. The van der Waals surface area contributed by atoms with Crippen LogP contribution in [0, 0.1) is 11.7 Å². The highest BCUT2D eigenvalue weighted by molar-refractivity contribution is 5.82. The van der Waals surface area contributed by atoms with E-state index in [1.54, 1.807) is 12.1 Å². The molecule has 0 aromatic heterocycles. The molecule has 0 bridgehead atoms. The summed E-state index contributed by atoms with van der Waals surface area (Å²) in [5, 5.41) is 0. The summed E-state index contributed by atoms with van der Waals surface area (Å²) in [7, 11) is 0. The Morgan fingerprint density at radius 3 is 2.63 bits per heavy atom. The van der Waals surface area contributed by atoms with Crippen LogP contribution in [0.5, 0.6) is 0 Å². The van der Waals surface area contributed by atoms with E-state index in [2.05, 4.69) is 0 Å². The first-order valence-electron chi connectivity index (χ1n) is 6.65. The van der Waals surface area contributed by atoms with Gasteiger partial charge < -0.3 is 9.47 Å². The number of rotatable bonds is 6. The van der Waals surface area contributed by atoms with E-state index >= 15 is 0 Å². The second kappa shape index (κ2) is 7.36. The Morgan fingerprint density at radius 2 is 1.95 bits per heavy atom. The number of carbonyl (C=O) groups is 1. The van der Waals surface area contributed by atoms with Crippen LogP contribution >= 0.6 is 0 Å². The summed E-state index contributed by atoms with van der Waals surface area (Å²) in [5.74, 6) is 0.248. The van der Waals surface area contributed by atoms with Crippen molar-refractivity contribution in [1.82, 2.24) is 0 Å². The third kappa shape index (κ3) is 5.09. The molecule has 0 radical (unpaired) electrons.